The summed E-state index contributed by atoms with van der Waals surface area (Å²) in [5, 5.41) is 20.0. The van der Waals surface area contributed by atoms with Crippen molar-refractivity contribution < 1.29 is 71.5 Å². The maximum atomic E-state index is 12.7. The second-order valence-corrected chi connectivity index (χ2v) is 18.3. The topological polar surface area (TPSA) is 233 Å². The molecule has 0 saturated carbocycles. The number of phosphoric ester groups is 2. The molecule has 0 spiro atoms. The number of phosphoric acid groups is 2. The fourth-order valence-corrected chi connectivity index (χ4v) is 7.39. The van der Waals surface area contributed by atoms with Crippen LogP contribution in [0.1, 0.15) is 142 Å². The Kier molecular flexibility index (Phi) is 33.6. The zero-order valence-electron chi connectivity index (χ0n) is 37.5. The van der Waals surface area contributed by atoms with Crippen LogP contribution in [-0.4, -0.2) is 87.4 Å². The van der Waals surface area contributed by atoms with Gasteiger partial charge in [-0.3, -0.25) is 28.0 Å². The largest absolute Gasteiger partial charge is 0.472 e. The van der Waals surface area contributed by atoms with Crippen LogP contribution in [0.5, 0.6) is 0 Å². The Labute approximate surface area is 375 Å². The first kappa shape index (κ1) is 58.2. The van der Waals surface area contributed by atoms with Gasteiger partial charge in [-0.25, -0.2) is 9.13 Å². The molecule has 0 saturated heterocycles. The average Bonchev–Trinajstić information content (AvgIpc) is 3.59. The zero-order valence-corrected chi connectivity index (χ0v) is 39.3. The fraction of sp³-hybridized carbons (Fsp3) is 0.674. The van der Waals surface area contributed by atoms with Crippen molar-refractivity contribution in [2.45, 2.75) is 161 Å². The summed E-state index contributed by atoms with van der Waals surface area (Å²) in [5.74, 6) is -1.59. The zero-order chi connectivity index (χ0) is 46.6. The van der Waals surface area contributed by atoms with Crippen molar-refractivity contribution in [3.8, 4) is 0 Å². The highest BCUT2D eigenvalue weighted by Crippen LogP contribution is 2.44. The molecule has 1 aliphatic rings. The predicted molar refractivity (Wildman–Crippen MR) is 243 cm³/mol. The van der Waals surface area contributed by atoms with E-state index in [0.717, 1.165) is 38.5 Å². The van der Waals surface area contributed by atoms with Crippen LogP contribution in [0.4, 0.5) is 0 Å². The summed E-state index contributed by atoms with van der Waals surface area (Å²) in [5.41, 5.74) is 0. The van der Waals surface area contributed by atoms with Crippen LogP contribution in [0.3, 0.4) is 0 Å². The lowest BCUT2D eigenvalue weighted by Crippen LogP contribution is -2.29. The van der Waals surface area contributed by atoms with Gasteiger partial charge in [-0.1, -0.05) is 132 Å². The monoisotopic (exact) mass is 930 g/mol. The minimum Gasteiger partial charge on any atom is -0.462 e. The molecule has 1 rings (SSSR count). The summed E-state index contributed by atoms with van der Waals surface area (Å²) in [6.07, 6.45) is 36.8. The molecule has 0 heterocycles. The van der Waals surface area contributed by atoms with Gasteiger partial charge in [0.05, 0.1) is 25.9 Å². The van der Waals surface area contributed by atoms with Gasteiger partial charge in [0.25, 0.3) is 0 Å². The van der Waals surface area contributed by atoms with Crippen molar-refractivity contribution >= 4 is 33.4 Å². The maximum Gasteiger partial charge on any atom is 0.472 e. The van der Waals surface area contributed by atoms with E-state index in [4.69, 9.17) is 23.8 Å². The number of allylic oxidation sites excluding steroid dienone is 11. The molecule has 0 aliphatic heterocycles. The van der Waals surface area contributed by atoms with Crippen molar-refractivity contribution in [1.29, 1.82) is 0 Å². The highest BCUT2D eigenvalue weighted by Gasteiger charge is 2.29. The third-order valence-corrected chi connectivity index (χ3v) is 11.2. The standard InChI is InChI=1S/C46H76O15P2/c1-3-5-7-8-9-10-11-12-13-14-15-16-17-18-19-20-26-30-46(51)61-42(38-60-63(55,56)59-36-41(48)35-58-62(52,53)54)37-57-45(50)29-25-22-21-24-27-39-31-34-44(49)43(39)33-32-40(47)28-23-6-4-2/h12-13,15-16,18-19,21,24,31-34,39-43,47-48H,3-11,14,17,20,22-23,25-30,35-38H2,1-2H3,(H,55,56)(H2,52,53,54)/b13-12-,16-15-,19-18-,24-21-,33-32+/t39-,40-,41-,42+,43+/m0/s1. The summed E-state index contributed by atoms with van der Waals surface area (Å²) in [7, 11) is -9.77. The minimum atomic E-state index is -4.90. The normalized spacial score (nSPS) is 18.4. The van der Waals surface area contributed by atoms with E-state index in [2.05, 4.69) is 47.2 Å². The number of esters is 2. The molecule has 360 valence electrons. The SMILES string of the molecule is CCCCCCCC/C=C\C/C=C\C/C=C\CCCC(=O)O[C@H](COC(=O)CCC/C=C\C[C@H]1C=CC(=O)[C@@H]1/C=C/[C@@H](O)CCCCC)COP(=O)(O)OC[C@@H](O)COP(=O)(O)O. The van der Waals surface area contributed by atoms with E-state index in [1.165, 1.54) is 38.5 Å². The minimum absolute atomic E-state index is 0.00517. The predicted octanol–water partition coefficient (Wildman–Crippen LogP) is 9.40. The summed E-state index contributed by atoms with van der Waals surface area (Å²) in [6.45, 7) is 1.36. The number of carbonyl (C=O) groups excluding carboxylic acids is 3. The van der Waals surface area contributed by atoms with E-state index in [9.17, 15) is 38.6 Å². The Morgan fingerprint density at radius 1 is 0.683 bits per heavy atom. The summed E-state index contributed by atoms with van der Waals surface area (Å²) in [4.78, 5) is 65.3. The first-order valence-corrected chi connectivity index (χ1v) is 25.7. The smallest absolute Gasteiger partial charge is 0.462 e. The Balaban J connectivity index is 2.56. The molecule has 0 amide bonds. The lowest BCUT2D eigenvalue weighted by atomic mass is 9.90. The molecule has 6 atom stereocenters. The van der Waals surface area contributed by atoms with Gasteiger partial charge >= 0.3 is 27.6 Å². The number of ketones is 1. The van der Waals surface area contributed by atoms with Crippen molar-refractivity contribution in [3.63, 3.8) is 0 Å². The second kappa shape index (κ2) is 36.4. The highest BCUT2D eigenvalue weighted by atomic mass is 31.2. The van der Waals surface area contributed by atoms with Crippen molar-refractivity contribution in [2.75, 3.05) is 26.4 Å². The van der Waals surface area contributed by atoms with Crippen LogP contribution in [0, 0.1) is 11.8 Å². The van der Waals surface area contributed by atoms with Gasteiger partial charge < -0.3 is 34.4 Å². The van der Waals surface area contributed by atoms with Crippen LogP contribution >= 0.6 is 15.6 Å². The van der Waals surface area contributed by atoms with Crippen LogP contribution in [0.2, 0.25) is 0 Å². The lowest BCUT2D eigenvalue weighted by Gasteiger charge is -2.20. The number of hydrogen-bond donors (Lipinski definition) is 5. The number of ether oxygens (including phenoxy) is 2. The van der Waals surface area contributed by atoms with Gasteiger partial charge in [-0.05, 0) is 76.2 Å². The molecule has 63 heavy (non-hydrogen) atoms. The van der Waals surface area contributed by atoms with Crippen molar-refractivity contribution in [1.82, 2.24) is 0 Å². The fourth-order valence-electron chi connectivity index (χ4n) is 6.24. The van der Waals surface area contributed by atoms with Gasteiger partial charge in [-0.15, -0.1) is 0 Å². The number of unbranched alkanes of at least 4 members (excludes halogenated alkanes) is 10. The molecule has 0 bridgehead atoms. The molecule has 1 unspecified atom stereocenters. The van der Waals surface area contributed by atoms with Gasteiger partial charge in [-0.2, -0.15) is 0 Å². The maximum absolute atomic E-state index is 12.7. The number of hydrogen-bond acceptors (Lipinski definition) is 12. The first-order chi connectivity index (χ1) is 30.2. The third-order valence-electron chi connectivity index (χ3n) is 9.81. The molecule has 1 aliphatic carbocycles. The molecule has 0 aromatic carbocycles. The molecule has 5 N–H and O–H groups in total. The summed E-state index contributed by atoms with van der Waals surface area (Å²) >= 11 is 0. The van der Waals surface area contributed by atoms with Crippen LogP contribution in [0.15, 0.2) is 72.9 Å². The average molecular weight is 931 g/mol. The third kappa shape index (κ3) is 34.2. The van der Waals surface area contributed by atoms with E-state index in [1.807, 2.05) is 30.4 Å². The van der Waals surface area contributed by atoms with Crippen molar-refractivity contribution in [2.24, 2.45) is 11.8 Å². The Morgan fingerprint density at radius 2 is 1.24 bits per heavy atom. The Hall–Kier alpha value is -2.81. The molecule has 15 nitrogen and oxygen atoms in total. The number of aliphatic hydroxyl groups excluding tert-OH is 2. The van der Waals surface area contributed by atoms with Crippen LogP contribution in [0.25, 0.3) is 0 Å². The van der Waals surface area contributed by atoms with Crippen molar-refractivity contribution in [3.05, 3.63) is 72.9 Å². The second-order valence-electron chi connectivity index (χ2n) is 15.6. The molecule has 0 aromatic heterocycles. The first-order valence-electron chi connectivity index (χ1n) is 22.7. The van der Waals surface area contributed by atoms with E-state index in [0.29, 0.717) is 38.5 Å². The Bertz CT molecular complexity index is 1530. The lowest BCUT2D eigenvalue weighted by molar-refractivity contribution is -0.161. The van der Waals surface area contributed by atoms with Gasteiger partial charge in [0.15, 0.2) is 11.9 Å². The van der Waals surface area contributed by atoms with Gasteiger partial charge in [0.1, 0.15) is 12.7 Å². The van der Waals surface area contributed by atoms with E-state index in [-0.39, 0.29) is 30.5 Å². The van der Waals surface area contributed by atoms with Crippen LogP contribution in [-0.2, 0) is 46.6 Å². The molecular weight excluding hydrogens is 854 g/mol. The van der Waals surface area contributed by atoms with E-state index >= 15 is 0 Å². The molecule has 0 aromatic rings. The van der Waals surface area contributed by atoms with Crippen LogP contribution < -0.4 is 0 Å². The van der Waals surface area contributed by atoms with Gasteiger partial charge in [0.2, 0.25) is 0 Å². The summed E-state index contributed by atoms with van der Waals surface area (Å²) < 4.78 is 47.7. The summed E-state index contributed by atoms with van der Waals surface area (Å²) in [6, 6.07) is 0. The van der Waals surface area contributed by atoms with E-state index in [1.54, 1.807) is 18.2 Å². The number of carbonyl (C=O) groups is 3. The van der Waals surface area contributed by atoms with E-state index < -0.39 is 72.3 Å². The molecule has 0 fully saturated rings. The molecule has 17 heteroatoms. The quantitative estimate of drug-likeness (QED) is 0.0167. The molecular formula is C46H76O15P2. The number of rotatable bonds is 39. The molecule has 0 radical (unpaired) electrons. The Morgan fingerprint density at radius 3 is 1.90 bits per heavy atom. The van der Waals surface area contributed by atoms with Gasteiger partial charge in [0, 0.05) is 18.8 Å². The number of aliphatic hydroxyl groups is 2. The highest BCUT2D eigenvalue weighted by molar-refractivity contribution is 7.47.